The molecule has 26 heavy (non-hydrogen) atoms. The van der Waals surface area contributed by atoms with Crippen LogP contribution in [0.25, 0.3) is 42.4 Å². The summed E-state index contributed by atoms with van der Waals surface area (Å²) in [6.45, 7) is 0. The SMILES string of the molecule is [2H]c1c([2H])c([2H])c(-c2ccc3c(c2)sc2cccc(Cl)c23)c(-c2ccccc2)c1[2H]. The maximum atomic E-state index is 8.60. The fourth-order valence-corrected chi connectivity index (χ4v) is 4.79. The molecule has 0 aliphatic carbocycles. The van der Waals surface area contributed by atoms with Crippen molar-refractivity contribution in [1.82, 2.24) is 0 Å². The summed E-state index contributed by atoms with van der Waals surface area (Å²) in [5.41, 5.74) is 2.55. The molecule has 0 atom stereocenters. The Balaban J connectivity index is 1.85. The third-order valence-electron chi connectivity index (χ3n) is 4.48. The van der Waals surface area contributed by atoms with Gasteiger partial charge in [0.2, 0.25) is 0 Å². The topological polar surface area (TPSA) is 0 Å². The molecule has 2 heteroatoms. The van der Waals surface area contributed by atoms with Gasteiger partial charge in [0.05, 0.1) is 5.48 Å². The number of fused-ring (bicyclic) bond motifs is 3. The zero-order valence-corrected chi connectivity index (χ0v) is 15.2. The lowest BCUT2D eigenvalue weighted by Gasteiger charge is -2.10. The fourth-order valence-electron chi connectivity index (χ4n) is 3.29. The van der Waals surface area contributed by atoms with Crippen LogP contribution >= 0.6 is 22.9 Å². The van der Waals surface area contributed by atoms with Crippen molar-refractivity contribution in [2.45, 2.75) is 0 Å². The number of benzene rings is 4. The zero-order chi connectivity index (χ0) is 21.0. The van der Waals surface area contributed by atoms with E-state index in [1.807, 2.05) is 66.7 Å². The minimum absolute atomic E-state index is 0.0308. The highest BCUT2D eigenvalue weighted by molar-refractivity contribution is 7.26. The summed E-state index contributed by atoms with van der Waals surface area (Å²) in [5.74, 6) is 0. The van der Waals surface area contributed by atoms with Crippen LogP contribution in [-0.4, -0.2) is 0 Å². The summed E-state index contributed by atoms with van der Waals surface area (Å²) < 4.78 is 35.6. The van der Waals surface area contributed by atoms with Crippen molar-refractivity contribution in [3.8, 4) is 22.3 Å². The van der Waals surface area contributed by atoms with E-state index < -0.39 is 0 Å². The highest BCUT2D eigenvalue weighted by Crippen LogP contribution is 2.41. The highest BCUT2D eigenvalue weighted by Gasteiger charge is 2.11. The summed E-state index contributed by atoms with van der Waals surface area (Å²) >= 11 is 8.06. The minimum atomic E-state index is -0.228. The van der Waals surface area contributed by atoms with Crippen molar-refractivity contribution in [2.75, 3.05) is 0 Å². The van der Waals surface area contributed by atoms with Gasteiger partial charge in [0.15, 0.2) is 0 Å². The molecule has 0 amide bonds. The second-order valence-electron chi connectivity index (χ2n) is 6.04. The van der Waals surface area contributed by atoms with E-state index in [1.165, 1.54) is 0 Å². The van der Waals surface area contributed by atoms with Gasteiger partial charge < -0.3 is 0 Å². The van der Waals surface area contributed by atoms with Crippen LogP contribution in [0.2, 0.25) is 5.02 Å². The Kier molecular flexibility index (Phi) is 2.87. The first-order valence-electron chi connectivity index (χ1n) is 10.2. The molecule has 0 fully saturated rings. The van der Waals surface area contributed by atoms with Gasteiger partial charge in [-0.3, -0.25) is 0 Å². The lowest BCUT2D eigenvalue weighted by atomic mass is 9.94. The normalized spacial score (nSPS) is 13.4. The smallest absolute Gasteiger partial charge is 0.0629 e. The summed E-state index contributed by atoms with van der Waals surface area (Å²) in [7, 11) is 0. The highest BCUT2D eigenvalue weighted by atomic mass is 35.5. The van der Waals surface area contributed by atoms with Crippen molar-refractivity contribution in [1.29, 1.82) is 0 Å². The van der Waals surface area contributed by atoms with E-state index in [4.69, 9.17) is 17.1 Å². The first-order valence-corrected chi connectivity index (χ1v) is 9.43. The van der Waals surface area contributed by atoms with Crippen LogP contribution in [0.1, 0.15) is 5.48 Å². The van der Waals surface area contributed by atoms with Gasteiger partial charge in [-0.25, -0.2) is 0 Å². The molecular formula is C24H15ClS. The van der Waals surface area contributed by atoms with Crippen molar-refractivity contribution < 1.29 is 5.48 Å². The Morgan fingerprint density at radius 1 is 0.731 bits per heavy atom. The third kappa shape index (κ3) is 2.52. The van der Waals surface area contributed by atoms with Crippen molar-refractivity contribution in [3.05, 3.63) is 95.9 Å². The average Bonchev–Trinajstić information content (AvgIpc) is 3.14. The van der Waals surface area contributed by atoms with Gasteiger partial charge in [0, 0.05) is 25.2 Å². The second kappa shape index (κ2) is 6.28. The fraction of sp³-hybridized carbons (Fsp3) is 0. The van der Waals surface area contributed by atoms with Gasteiger partial charge in [-0.2, -0.15) is 0 Å². The molecule has 0 aliphatic rings. The molecule has 124 valence electrons. The van der Waals surface area contributed by atoms with Crippen LogP contribution in [0.15, 0.2) is 90.9 Å². The quantitative estimate of drug-likeness (QED) is 0.293. The van der Waals surface area contributed by atoms with E-state index in [0.717, 1.165) is 31.3 Å². The van der Waals surface area contributed by atoms with E-state index in [2.05, 4.69) is 0 Å². The van der Waals surface area contributed by atoms with Crippen molar-refractivity contribution in [3.63, 3.8) is 0 Å². The number of hydrogen-bond donors (Lipinski definition) is 0. The van der Waals surface area contributed by atoms with Crippen LogP contribution in [0.5, 0.6) is 0 Å². The van der Waals surface area contributed by atoms with Gasteiger partial charge in [-0.15, -0.1) is 11.3 Å². The predicted molar refractivity (Wildman–Crippen MR) is 115 cm³/mol. The van der Waals surface area contributed by atoms with Crippen LogP contribution in [0, 0.1) is 0 Å². The molecule has 0 saturated carbocycles. The van der Waals surface area contributed by atoms with Crippen molar-refractivity contribution in [2.24, 2.45) is 0 Å². The van der Waals surface area contributed by atoms with Crippen LogP contribution < -0.4 is 0 Å². The number of rotatable bonds is 2. The Bertz CT molecular complexity index is 1440. The Morgan fingerprint density at radius 2 is 1.50 bits per heavy atom. The number of thiophene rings is 1. The molecule has 0 saturated heterocycles. The average molecular weight is 375 g/mol. The minimum Gasteiger partial charge on any atom is -0.135 e. The van der Waals surface area contributed by atoms with Crippen LogP contribution in [0.3, 0.4) is 0 Å². The molecule has 0 radical (unpaired) electrons. The van der Waals surface area contributed by atoms with Gasteiger partial charge in [0.1, 0.15) is 0 Å². The van der Waals surface area contributed by atoms with Gasteiger partial charge in [-0.05, 0) is 40.5 Å². The lowest BCUT2D eigenvalue weighted by molar-refractivity contribution is 1.60. The summed E-state index contributed by atoms with van der Waals surface area (Å²) in [5, 5.41) is 2.77. The molecule has 0 nitrogen and oxygen atoms in total. The number of hydrogen-bond acceptors (Lipinski definition) is 1. The summed E-state index contributed by atoms with van der Waals surface area (Å²) in [6.07, 6.45) is 0. The van der Waals surface area contributed by atoms with Gasteiger partial charge in [-0.1, -0.05) is 84.3 Å². The third-order valence-corrected chi connectivity index (χ3v) is 5.92. The number of halogens is 1. The summed E-state index contributed by atoms with van der Waals surface area (Å²) in [6, 6.07) is 20.6. The molecule has 1 heterocycles. The van der Waals surface area contributed by atoms with Crippen LogP contribution in [0.4, 0.5) is 0 Å². The Morgan fingerprint density at radius 3 is 2.31 bits per heavy atom. The Labute approximate surface area is 166 Å². The first kappa shape index (κ1) is 11.9. The van der Waals surface area contributed by atoms with E-state index in [-0.39, 0.29) is 24.2 Å². The van der Waals surface area contributed by atoms with E-state index in [0.29, 0.717) is 16.1 Å². The molecule has 0 unspecified atom stereocenters. The summed E-state index contributed by atoms with van der Waals surface area (Å²) in [4.78, 5) is 0. The van der Waals surface area contributed by atoms with Crippen LogP contribution in [-0.2, 0) is 0 Å². The molecule has 0 bridgehead atoms. The molecule has 1 aromatic heterocycles. The maximum Gasteiger partial charge on any atom is 0.0629 e. The molecule has 5 rings (SSSR count). The van der Waals surface area contributed by atoms with E-state index in [1.54, 1.807) is 11.3 Å². The predicted octanol–water partition coefficient (Wildman–Crippen LogP) is 8.04. The maximum absolute atomic E-state index is 8.60. The molecule has 4 aromatic carbocycles. The van der Waals surface area contributed by atoms with Gasteiger partial charge >= 0.3 is 0 Å². The van der Waals surface area contributed by atoms with E-state index >= 15 is 0 Å². The first-order chi connectivity index (χ1) is 14.5. The second-order valence-corrected chi connectivity index (χ2v) is 7.53. The lowest BCUT2D eigenvalue weighted by Crippen LogP contribution is -1.84. The molecule has 0 N–H and O–H groups in total. The van der Waals surface area contributed by atoms with Gasteiger partial charge in [0.25, 0.3) is 0 Å². The molecule has 5 aromatic rings. The molecule has 0 aliphatic heterocycles. The molecular weight excluding hydrogens is 356 g/mol. The zero-order valence-electron chi connectivity index (χ0n) is 17.6. The monoisotopic (exact) mass is 374 g/mol. The van der Waals surface area contributed by atoms with E-state index in [9.17, 15) is 0 Å². The standard InChI is InChI=1S/C24H15ClS/c25-21-11-6-12-22-24(21)20-14-13-17(15-23(20)26-22)19-10-5-4-9-18(19)16-7-2-1-3-8-16/h1-15H/i4D,5D,9D,10D. The molecule has 0 spiro atoms. The Hall–Kier alpha value is -2.61. The largest absolute Gasteiger partial charge is 0.135 e. The van der Waals surface area contributed by atoms with Crippen molar-refractivity contribution >= 4 is 43.1 Å².